The van der Waals surface area contributed by atoms with Crippen LogP contribution in [0.1, 0.15) is 29.3 Å². The maximum atomic E-state index is 13.4. The van der Waals surface area contributed by atoms with E-state index in [-0.39, 0.29) is 16.9 Å². The molecule has 0 heterocycles. The molecule has 3 amide bonds. The van der Waals surface area contributed by atoms with E-state index in [0.717, 1.165) is 19.4 Å². The van der Waals surface area contributed by atoms with Gasteiger partial charge in [0, 0.05) is 25.1 Å². The number of rotatable bonds is 10. The van der Waals surface area contributed by atoms with Crippen molar-refractivity contribution in [1.29, 1.82) is 0 Å². The van der Waals surface area contributed by atoms with Crippen LogP contribution in [0.3, 0.4) is 0 Å². The molecule has 0 aliphatic carbocycles. The largest absolute Gasteiger partial charge is 0.324 e. The van der Waals surface area contributed by atoms with Gasteiger partial charge in [-0.3, -0.25) is 14.4 Å². The first-order valence-corrected chi connectivity index (χ1v) is 15.3. The third kappa shape index (κ3) is 8.91. The minimum absolute atomic E-state index is 0.0958. The second-order valence-electron chi connectivity index (χ2n) is 8.90. The van der Waals surface area contributed by atoms with E-state index < -0.39 is 11.8 Å². The highest BCUT2D eigenvalue weighted by atomic mass is 79.9. The molecule has 9 heteroatoms. The van der Waals surface area contributed by atoms with Gasteiger partial charge in [0.15, 0.2) is 0 Å². The van der Waals surface area contributed by atoms with Crippen LogP contribution in [0.2, 0.25) is 0 Å². The number of benzene rings is 4. The fraction of sp³-hybridized carbons (Fsp3) is 0.0938. The number of hydrogen-bond acceptors (Lipinski definition) is 4. The van der Waals surface area contributed by atoms with Crippen LogP contribution in [0.25, 0.3) is 6.08 Å². The lowest BCUT2D eigenvalue weighted by molar-refractivity contribution is -0.116. The Balaban J connectivity index is 1.50. The molecule has 0 bridgehead atoms. The highest BCUT2D eigenvalue weighted by Crippen LogP contribution is 2.30. The summed E-state index contributed by atoms with van der Waals surface area (Å²) in [6, 6.07) is 30.9. The van der Waals surface area contributed by atoms with Crippen molar-refractivity contribution in [3.63, 3.8) is 0 Å². The van der Waals surface area contributed by atoms with Crippen molar-refractivity contribution in [2.45, 2.75) is 23.5 Å². The van der Waals surface area contributed by atoms with E-state index in [0.29, 0.717) is 23.4 Å². The molecule has 3 N–H and O–H groups in total. The molecule has 0 saturated heterocycles. The normalized spacial score (nSPS) is 11.8. The van der Waals surface area contributed by atoms with Gasteiger partial charge in [-0.25, -0.2) is 0 Å². The van der Waals surface area contributed by atoms with Crippen LogP contribution in [0, 0.1) is 0 Å². The Morgan fingerprint density at radius 3 is 2.24 bits per heavy atom. The zero-order valence-corrected chi connectivity index (χ0v) is 26.1. The number of halogens is 2. The highest BCUT2D eigenvalue weighted by molar-refractivity contribution is 9.10. The number of anilines is 2. The molecule has 1 atom stereocenters. The van der Waals surface area contributed by atoms with Crippen molar-refractivity contribution >= 4 is 78.8 Å². The van der Waals surface area contributed by atoms with E-state index in [1.165, 1.54) is 11.8 Å². The summed E-state index contributed by atoms with van der Waals surface area (Å²) < 4.78 is 1.71. The van der Waals surface area contributed by atoms with Crippen LogP contribution < -0.4 is 16.0 Å². The molecule has 4 aromatic carbocycles. The topological polar surface area (TPSA) is 87.3 Å². The average Bonchev–Trinajstić information content (AvgIpc) is 2.98. The monoisotopic (exact) mass is 691 g/mol. The predicted molar refractivity (Wildman–Crippen MR) is 174 cm³/mol. The van der Waals surface area contributed by atoms with Crippen LogP contribution >= 0.6 is 43.6 Å². The SMILES string of the molecule is CCC(Sc1cccc(NC(=O)/C(=C/c2ccc(Br)cc2)NC(=O)c2ccccc2)c1)C(=O)Nc1ccccc1Br. The van der Waals surface area contributed by atoms with Crippen LogP contribution in [-0.2, 0) is 9.59 Å². The van der Waals surface area contributed by atoms with E-state index in [1.807, 2.05) is 79.7 Å². The first-order chi connectivity index (χ1) is 19.8. The lowest BCUT2D eigenvalue weighted by Crippen LogP contribution is -2.30. The van der Waals surface area contributed by atoms with Gasteiger partial charge >= 0.3 is 0 Å². The Morgan fingerprint density at radius 2 is 1.54 bits per heavy atom. The van der Waals surface area contributed by atoms with E-state index in [9.17, 15) is 14.4 Å². The van der Waals surface area contributed by atoms with Gasteiger partial charge in [0.05, 0.1) is 10.9 Å². The Morgan fingerprint density at radius 1 is 0.829 bits per heavy atom. The molecule has 0 radical (unpaired) electrons. The molecular formula is C32H27Br2N3O3S. The Kier molecular flexibility index (Phi) is 11.0. The molecule has 41 heavy (non-hydrogen) atoms. The van der Waals surface area contributed by atoms with Gasteiger partial charge in [-0.15, -0.1) is 11.8 Å². The Hall–Kier alpha value is -3.66. The quantitative estimate of drug-likeness (QED) is 0.116. The van der Waals surface area contributed by atoms with E-state index in [4.69, 9.17) is 0 Å². The number of hydrogen-bond donors (Lipinski definition) is 3. The molecule has 6 nitrogen and oxygen atoms in total. The number of carbonyl (C=O) groups is 3. The number of nitrogens with one attached hydrogen (secondary N) is 3. The second kappa shape index (κ2) is 14.8. The minimum Gasteiger partial charge on any atom is -0.324 e. The lowest BCUT2D eigenvalue weighted by atomic mass is 10.1. The molecule has 0 aromatic heterocycles. The summed E-state index contributed by atoms with van der Waals surface area (Å²) in [6.45, 7) is 1.96. The predicted octanol–water partition coefficient (Wildman–Crippen LogP) is 8.13. The molecule has 4 aromatic rings. The zero-order valence-electron chi connectivity index (χ0n) is 22.1. The van der Waals surface area contributed by atoms with Crippen molar-refractivity contribution in [3.8, 4) is 0 Å². The van der Waals surface area contributed by atoms with Crippen molar-refractivity contribution in [3.05, 3.63) is 129 Å². The standard InChI is InChI=1S/C32H27Br2N3O3S/c1-2-29(32(40)36-27-14-7-6-13-26(27)34)41-25-12-8-11-24(20-25)35-31(39)28(19-21-15-17-23(33)18-16-21)37-30(38)22-9-4-3-5-10-22/h3-20,29H,2H2,1H3,(H,35,39)(H,36,40)(H,37,38)/b28-19-. The zero-order chi connectivity index (χ0) is 29.2. The first kappa shape index (κ1) is 30.3. The number of para-hydroxylation sites is 1. The maximum absolute atomic E-state index is 13.4. The third-order valence-electron chi connectivity index (χ3n) is 5.88. The van der Waals surface area contributed by atoms with Crippen LogP contribution in [0.5, 0.6) is 0 Å². The molecule has 0 aliphatic heterocycles. The Bertz CT molecular complexity index is 1560. The summed E-state index contributed by atoms with van der Waals surface area (Å²) in [7, 11) is 0. The molecule has 208 valence electrons. The minimum atomic E-state index is -0.474. The smallest absolute Gasteiger partial charge is 0.272 e. The second-order valence-corrected chi connectivity index (χ2v) is 11.9. The molecule has 0 spiro atoms. The van der Waals surface area contributed by atoms with Crippen LogP contribution in [0.4, 0.5) is 11.4 Å². The molecule has 1 unspecified atom stereocenters. The summed E-state index contributed by atoms with van der Waals surface area (Å²) >= 11 is 8.29. The van der Waals surface area contributed by atoms with Gasteiger partial charge in [-0.2, -0.15) is 0 Å². The number of amides is 3. The molecule has 0 saturated carbocycles. The van der Waals surface area contributed by atoms with Crippen molar-refractivity contribution < 1.29 is 14.4 Å². The fourth-order valence-corrected chi connectivity index (χ4v) is 5.44. The molecule has 4 rings (SSSR count). The summed E-state index contributed by atoms with van der Waals surface area (Å²) in [5.74, 6) is -0.976. The van der Waals surface area contributed by atoms with Crippen molar-refractivity contribution in [2.75, 3.05) is 10.6 Å². The van der Waals surface area contributed by atoms with Gasteiger partial charge in [-0.05, 0) is 88.6 Å². The van der Waals surface area contributed by atoms with E-state index >= 15 is 0 Å². The summed E-state index contributed by atoms with van der Waals surface area (Å²) in [5, 5.41) is 8.27. The maximum Gasteiger partial charge on any atom is 0.272 e. The van der Waals surface area contributed by atoms with Gasteiger partial charge in [0.2, 0.25) is 5.91 Å². The summed E-state index contributed by atoms with van der Waals surface area (Å²) in [4.78, 5) is 40.1. The van der Waals surface area contributed by atoms with E-state index in [1.54, 1.807) is 36.4 Å². The number of thioether (sulfide) groups is 1. The first-order valence-electron chi connectivity index (χ1n) is 12.8. The lowest BCUT2D eigenvalue weighted by Gasteiger charge is -2.16. The molecular weight excluding hydrogens is 666 g/mol. The Labute approximate surface area is 260 Å². The highest BCUT2D eigenvalue weighted by Gasteiger charge is 2.20. The van der Waals surface area contributed by atoms with E-state index in [2.05, 4.69) is 47.8 Å². The van der Waals surface area contributed by atoms with Gasteiger partial charge in [0.1, 0.15) is 5.70 Å². The number of carbonyl (C=O) groups excluding carboxylic acids is 3. The van der Waals surface area contributed by atoms with Crippen molar-refractivity contribution in [1.82, 2.24) is 5.32 Å². The fourth-order valence-electron chi connectivity index (χ4n) is 3.78. The summed E-state index contributed by atoms with van der Waals surface area (Å²) in [5.41, 5.74) is 2.53. The average molecular weight is 693 g/mol. The van der Waals surface area contributed by atoms with Crippen LogP contribution in [0.15, 0.2) is 123 Å². The molecule has 0 aliphatic rings. The van der Waals surface area contributed by atoms with Crippen molar-refractivity contribution in [2.24, 2.45) is 0 Å². The van der Waals surface area contributed by atoms with Gasteiger partial charge in [0.25, 0.3) is 11.8 Å². The van der Waals surface area contributed by atoms with Gasteiger partial charge < -0.3 is 16.0 Å². The third-order valence-corrected chi connectivity index (χ3v) is 8.45. The summed E-state index contributed by atoms with van der Waals surface area (Å²) in [6.07, 6.45) is 2.24. The van der Waals surface area contributed by atoms with Crippen LogP contribution in [-0.4, -0.2) is 23.0 Å². The molecule has 0 fully saturated rings. The van der Waals surface area contributed by atoms with Gasteiger partial charge in [-0.1, -0.05) is 71.4 Å².